The van der Waals surface area contributed by atoms with E-state index >= 15 is 0 Å². The molecular weight excluding hydrogens is 260 g/mol. The van der Waals surface area contributed by atoms with Gasteiger partial charge < -0.3 is 10.6 Å². The molecule has 118 valence electrons. The maximum absolute atomic E-state index is 4.78. The van der Waals surface area contributed by atoms with Crippen LogP contribution in [0.1, 0.15) is 64.8 Å². The van der Waals surface area contributed by atoms with Gasteiger partial charge in [-0.05, 0) is 32.1 Å². The van der Waals surface area contributed by atoms with Crippen LogP contribution >= 0.6 is 0 Å². The molecule has 0 spiro atoms. The molecule has 0 amide bonds. The summed E-state index contributed by atoms with van der Waals surface area (Å²) in [5, 5.41) is 6.99. The molecule has 0 saturated heterocycles. The van der Waals surface area contributed by atoms with Gasteiger partial charge in [-0.15, -0.1) is 0 Å². The summed E-state index contributed by atoms with van der Waals surface area (Å²) in [5.41, 5.74) is 1.10. The van der Waals surface area contributed by atoms with Gasteiger partial charge in [-0.25, -0.2) is 9.97 Å². The zero-order valence-corrected chi connectivity index (χ0v) is 14.2. The minimum atomic E-state index is -0.0384. The lowest BCUT2D eigenvalue weighted by molar-refractivity contribution is 0.333. The third kappa shape index (κ3) is 4.08. The first-order chi connectivity index (χ1) is 9.91. The monoisotopic (exact) mass is 290 g/mol. The second kappa shape index (κ2) is 6.63. The summed E-state index contributed by atoms with van der Waals surface area (Å²) < 4.78 is 0. The average Bonchev–Trinajstić information content (AvgIpc) is 2.36. The van der Waals surface area contributed by atoms with Crippen LogP contribution in [0.3, 0.4) is 0 Å². The molecule has 2 rings (SSSR count). The zero-order chi connectivity index (χ0) is 15.5. The number of nitrogens with one attached hydrogen (secondary N) is 2. The number of rotatable bonds is 6. The Balaban J connectivity index is 2.22. The second-order valence-corrected chi connectivity index (χ2v) is 7.22. The molecule has 21 heavy (non-hydrogen) atoms. The van der Waals surface area contributed by atoms with E-state index in [1.807, 2.05) is 0 Å². The summed E-state index contributed by atoms with van der Waals surface area (Å²) in [6.45, 7) is 12.8. The molecule has 1 aliphatic rings. The number of aromatic nitrogens is 2. The van der Waals surface area contributed by atoms with E-state index in [1.165, 1.54) is 19.3 Å². The van der Waals surface area contributed by atoms with Crippen LogP contribution in [0.25, 0.3) is 0 Å². The molecule has 0 radical (unpaired) electrons. The van der Waals surface area contributed by atoms with E-state index < -0.39 is 0 Å². The van der Waals surface area contributed by atoms with Crippen LogP contribution in [0.2, 0.25) is 0 Å². The lowest BCUT2D eigenvalue weighted by atomic mass is 9.85. The molecule has 2 N–H and O–H groups in total. The summed E-state index contributed by atoms with van der Waals surface area (Å²) in [6.07, 6.45) is 5.18. The first-order valence-corrected chi connectivity index (χ1v) is 8.28. The van der Waals surface area contributed by atoms with Gasteiger partial charge in [0.15, 0.2) is 0 Å². The average molecular weight is 290 g/mol. The van der Waals surface area contributed by atoms with E-state index in [0.29, 0.717) is 0 Å². The zero-order valence-electron chi connectivity index (χ0n) is 14.2. The predicted octanol–water partition coefficient (Wildman–Crippen LogP) is 4.12. The van der Waals surface area contributed by atoms with Gasteiger partial charge in [0.25, 0.3) is 0 Å². The molecule has 4 heteroatoms. The van der Waals surface area contributed by atoms with Crippen molar-refractivity contribution in [2.24, 2.45) is 5.92 Å². The largest absolute Gasteiger partial charge is 0.370 e. The highest BCUT2D eigenvalue weighted by Crippen LogP contribution is 2.29. The molecule has 0 aromatic carbocycles. The Morgan fingerprint density at radius 1 is 1.10 bits per heavy atom. The van der Waals surface area contributed by atoms with Gasteiger partial charge in [0.05, 0.1) is 0 Å². The van der Waals surface area contributed by atoms with E-state index in [1.54, 1.807) is 0 Å². The molecule has 1 heterocycles. The highest BCUT2D eigenvalue weighted by Gasteiger charge is 2.22. The van der Waals surface area contributed by atoms with E-state index in [9.17, 15) is 0 Å². The molecule has 1 aromatic rings. The number of anilines is 2. The smallest absolute Gasteiger partial charge is 0.138 e. The quantitative estimate of drug-likeness (QED) is 0.827. The van der Waals surface area contributed by atoms with Gasteiger partial charge in [-0.2, -0.15) is 0 Å². The van der Waals surface area contributed by atoms with Crippen molar-refractivity contribution in [1.82, 2.24) is 9.97 Å². The van der Waals surface area contributed by atoms with Crippen molar-refractivity contribution in [3.05, 3.63) is 11.4 Å². The van der Waals surface area contributed by atoms with Crippen molar-refractivity contribution in [3.8, 4) is 0 Å². The Morgan fingerprint density at radius 3 is 2.19 bits per heavy atom. The van der Waals surface area contributed by atoms with Crippen LogP contribution < -0.4 is 10.6 Å². The summed E-state index contributed by atoms with van der Waals surface area (Å²) in [6, 6.07) is 0. The second-order valence-electron chi connectivity index (χ2n) is 7.22. The standard InChI is InChI=1S/C17H30N4/c1-6-10-18-14-12(2)15(19-11-13-8-7-9-13)21-16(20-14)17(3,4)5/h13H,6-11H2,1-5H3,(H2,18,19,20,21). The lowest BCUT2D eigenvalue weighted by Gasteiger charge is -2.27. The van der Waals surface area contributed by atoms with Gasteiger partial charge in [0.2, 0.25) is 0 Å². The van der Waals surface area contributed by atoms with Crippen molar-refractivity contribution in [2.45, 2.75) is 65.7 Å². The maximum Gasteiger partial charge on any atom is 0.138 e. The first-order valence-electron chi connectivity index (χ1n) is 8.28. The third-order valence-electron chi connectivity index (χ3n) is 4.14. The van der Waals surface area contributed by atoms with Crippen LogP contribution in [-0.2, 0) is 5.41 Å². The molecule has 1 fully saturated rings. The molecule has 1 aliphatic carbocycles. The van der Waals surface area contributed by atoms with Crippen molar-refractivity contribution in [1.29, 1.82) is 0 Å². The molecule has 4 nitrogen and oxygen atoms in total. The number of nitrogens with zero attached hydrogens (tertiary/aromatic N) is 2. The fourth-order valence-electron chi connectivity index (χ4n) is 2.38. The topological polar surface area (TPSA) is 49.8 Å². The van der Waals surface area contributed by atoms with Crippen LogP contribution in [0, 0.1) is 12.8 Å². The van der Waals surface area contributed by atoms with Gasteiger partial charge in [0.1, 0.15) is 17.5 Å². The van der Waals surface area contributed by atoms with E-state index in [2.05, 4.69) is 45.3 Å². The number of hydrogen-bond donors (Lipinski definition) is 2. The van der Waals surface area contributed by atoms with Gasteiger partial charge >= 0.3 is 0 Å². The summed E-state index contributed by atoms with van der Waals surface area (Å²) in [4.78, 5) is 9.52. The van der Waals surface area contributed by atoms with Crippen LogP contribution in [-0.4, -0.2) is 23.1 Å². The Morgan fingerprint density at radius 2 is 1.71 bits per heavy atom. The predicted molar refractivity (Wildman–Crippen MR) is 90.1 cm³/mol. The summed E-state index contributed by atoms with van der Waals surface area (Å²) in [7, 11) is 0. The van der Waals surface area contributed by atoms with Crippen molar-refractivity contribution < 1.29 is 0 Å². The molecule has 0 aliphatic heterocycles. The molecule has 0 atom stereocenters. The first kappa shape index (κ1) is 16.1. The normalized spacial score (nSPS) is 15.7. The van der Waals surface area contributed by atoms with Gasteiger partial charge in [0, 0.05) is 24.1 Å². The lowest BCUT2D eigenvalue weighted by Crippen LogP contribution is -2.24. The fraction of sp³-hybridized carbons (Fsp3) is 0.765. The Hall–Kier alpha value is -1.32. The number of hydrogen-bond acceptors (Lipinski definition) is 4. The Bertz CT molecular complexity index is 472. The SMILES string of the molecule is CCCNc1nc(C(C)(C)C)nc(NCC2CCC2)c1C. The third-order valence-corrected chi connectivity index (χ3v) is 4.14. The van der Waals surface area contributed by atoms with Crippen LogP contribution in [0.4, 0.5) is 11.6 Å². The molecule has 0 unspecified atom stereocenters. The van der Waals surface area contributed by atoms with Crippen molar-refractivity contribution >= 4 is 11.6 Å². The van der Waals surface area contributed by atoms with Gasteiger partial charge in [-0.3, -0.25) is 0 Å². The Labute approximate surface area is 129 Å². The molecule has 1 saturated carbocycles. The Kier molecular flexibility index (Phi) is 5.07. The summed E-state index contributed by atoms with van der Waals surface area (Å²) >= 11 is 0. The van der Waals surface area contributed by atoms with Crippen molar-refractivity contribution in [3.63, 3.8) is 0 Å². The molecule has 1 aromatic heterocycles. The highest BCUT2D eigenvalue weighted by atomic mass is 15.1. The van der Waals surface area contributed by atoms with Crippen LogP contribution in [0.15, 0.2) is 0 Å². The van der Waals surface area contributed by atoms with E-state index in [0.717, 1.165) is 48.5 Å². The fourth-order valence-corrected chi connectivity index (χ4v) is 2.38. The van der Waals surface area contributed by atoms with E-state index in [4.69, 9.17) is 9.97 Å². The minimum Gasteiger partial charge on any atom is -0.370 e. The highest BCUT2D eigenvalue weighted by molar-refractivity contribution is 5.57. The van der Waals surface area contributed by atoms with Crippen molar-refractivity contribution in [2.75, 3.05) is 23.7 Å². The minimum absolute atomic E-state index is 0.0384. The van der Waals surface area contributed by atoms with E-state index in [-0.39, 0.29) is 5.41 Å². The summed E-state index contributed by atoms with van der Waals surface area (Å²) in [5.74, 6) is 3.71. The van der Waals surface area contributed by atoms with Crippen LogP contribution in [0.5, 0.6) is 0 Å². The molecular formula is C17H30N4. The molecule has 0 bridgehead atoms. The van der Waals surface area contributed by atoms with Gasteiger partial charge in [-0.1, -0.05) is 34.1 Å². The maximum atomic E-state index is 4.78.